The summed E-state index contributed by atoms with van der Waals surface area (Å²) in [6.07, 6.45) is 0.843. The molecule has 0 unspecified atom stereocenters. The van der Waals surface area contributed by atoms with Crippen molar-refractivity contribution >= 4 is 5.97 Å². The van der Waals surface area contributed by atoms with Crippen LogP contribution in [0.5, 0.6) is 0 Å². The fourth-order valence-corrected chi connectivity index (χ4v) is 2.29. The predicted molar refractivity (Wildman–Crippen MR) is 61.0 cm³/mol. The third kappa shape index (κ3) is 2.47. The number of hydrogen-bond donors (Lipinski definition) is 1. The van der Waals surface area contributed by atoms with E-state index in [-0.39, 0.29) is 17.8 Å². The van der Waals surface area contributed by atoms with Crippen molar-refractivity contribution in [2.45, 2.75) is 19.4 Å². The van der Waals surface area contributed by atoms with Crippen LogP contribution in [0.4, 0.5) is 4.39 Å². The highest BCUT2D eigenvalue weighted by Crippen LogP contribution is 2.31. The Kier molecular flexibility index (Phi) is 3.43. The number of carboxylic acid groups (broad SMARTS) is 1. The normalized spacial score (nSPS) is 18.7. The summed E-state index contributed by atoms with van der Waals surface area (Å²) in [5, 5.41) is 8.83. The van der Waals surface area contributed by atoms with Crippen molar-refractivity contribution in [2.75, 3.05) is 13.1 Å². The van der Waals surface area contributed by atoms with Crippen LogP contribution in [0, 0.1) is 17.8 Å². The van der Waals surface area contributed by atoms with Crippen LogP contribution in [-0.2, 0) is 4.79 Å². The Morgan fingerprint density at radius 3 is 2.94 bits per heavy atom. The van der Waals surface area contributed by atoms with Crippen molar-refractivity contribution in [1.82, 2.24) is 4.90 Å². The van der Waals surface area contributed by atoms with Gasteiger partial charge in [-0.25, -0.2) is 4.39 Å². The number of hydrogen-bond acceptors (Lipinski definition) is 2. The van der Waals surface area contributed by atoms with Crippen LogP contribution >= 0.6 is 0 Å². The monoisotopic (exact) mass is 236 g/mol. The quantitative estimate of drug-likeness (QED) is 0.870. The van der Waals surface area contributed by atoms with Gasteiger partial charge in [0.15, 0.2) is 0 Å². The summed E-state index contributed by atoms with van der Waals surface area (Å²) in [7, 11) is 0. The summed E-state index contributed by atoms with van der Waals surface area (Å²) in [6, 6.07) is 7.46. The van der Waals surface area contributed by atoms with E-state index in [0.717, 1.165) is 12.0 Å². The fraction of sp³-hybridized carbons (Fsp3) is 0.462. The highest BCUT2D eigenvalue weighted by atomic mass is 19.1. The lowest BCUT2D eigenvalue weighted by atomic mass is 9.93. The number of likely N-dealkylation sites (tertiary alicyclic amines) is 1. The van der Waals surface area contributed by atoms with Crippen LogP contribution in [-0.4, -0.2) is 29.1 Å². The minimum atomic E-state index is -0.747. The van der Waals surface area contributed by atoms with Gasteiger partial charge in [0.05, 0.1) is 5.92 Å². The molecular weight excluding hydrogens is 221 g/mol. The number of rotatable bonds is 4. The van der Waals surface area contributed by atoms with Crippen molar-refractivity contribution in [3.8, 4) is 0 Å². The van der Waals surface area contributed by atoms with Gasteiger partial charge >= 0.3 is 5.97 Å². The Labute approximate surface area is 99.9 Å². The van der Waals surface area contributed by atoms with E-state index in [0.29, 0.717) is 13.1 Å². The smallest absolute Gasteiger partial charge is 0.309 e. The maximum absolute atomic E-state index is 13.1. The molecule has 17 heavy (non-hydrogen) atoms. The molecule has 0 aromatic heterocycles. The van der Waals surface area contributed by atoms with Crippen molar-refractivity contribution in [3.05, 3.63) is 35.6 Å². The van der Waals surface area contributed by atoms with E-state index in [1.807, 2.05) is 13.0 Å². The second-order valence-corrected chi connectivity index (χ2v) is 4.38. The second kappa shape index (κ2) is 4.84. The van der Waals surface area contributed by atoms with Crippen LogP contribution in [0.3, 0.4) is 0 Å². The van der Waals surface area contributed by atoms with Gasteiger partial charge in [-0.2, -0.15) is 0 Å². The zero-order chi connectivity index (χ0) is 12.4. The van der Waals surface area contributed by atoms with Gasteiger partial charge in [0.25, 0.3) is 0 Å². The van der Waals surface area contributed by atoms with Crippen LogP contribution in [0.2, 0.25) is 0 Å². The summed E-state index contributed by atoms with van der Waals surface area (Å²) in [6.45, 7) is 3.12. The maximum atomic E-state index is 13.1. The Balaban J connectivity index is 2.06. The van der Waals surface area contributed by atoms with E-state index >= 15 is 0 Å². The molecule has 1 atom stereocenters. The number of carbonyl (C=O) groups is 1. The van der Waals surface area contributed by atoms with E-state index in [2.05, 4.69) is 11.0 Å². The molecule has 3 nitrogen and oxygen atoms in total. The number of nitrogens with zero attached hydrogens (tertiary/aromatic N) is 1. The third-order valence-electron chi connectivity index (χ3n) is 3.26. The summed E-state index contributed by atoms with van der Waals surface area (Å²) in [5.74, 6) is -1.39. The molecule has 1 N–H and O–H groups in total. The van der Waals surface area contributed by atoms with Crippen LogP contribution in [0.1, 0.15) is 24.9 Å². The van der Waals surface area contributed by atoms with Gasteiger partial charge in [-0.05, 0) is 18.1 Å². The van der Waals surface area contributed by atoms with Gasteiger partial charge in [-0.1, -0.05) is 19.1 Å². The first-order valence-electron chi connectivity index (χ1n) is 5.75. The zero-order valence-electron chi connectivity index (χ0n) is 9.69. The predicted octanol–water partition coefficient (Wildman–Crippen LogP) is 2.09. The molecule has 91 valence electrons. The Morgan fingerprint density at radius 1 is 1.71 bits per heavy atom. The second-order valence-electron chi connectivity index (χ2n) is 4.38. The SMILES string of the molecule is CC[C@H](c1cc[c]c(F)c1)N1CC(C(=O)O)C1. The highest BCUT2D eigenvalue weighted by Gasteiger charge is 2.36. The summed E-state index contributed by atoms with van der Waals surface area (Å²) >= 11 is 0. The summed E-state index contributed by atoms with van der Waals surface area (Å²) in [4.78, 5) is 12.8. The van der Waals surface area contributed by atoms with E-state index < -0.39 is 5.97 Å². The van der Waals surface area contributed by atoms with E-state index in [1.54, 1.807) is 6.07 Å². The van der Waals surface area contributed by atoms with Gasteiger partial charge in [-0.15, -0.1) is 0 Å². The Hall–Kier alpha value is -1.42. The van der Waals surface area contributed by atoms with Crippen molar-refractivity contribution < 1.29 is 14.3 Å². The molecule has 1 aliphatic heterocycles. The van der Waals surface area contributed by atoms with Crippen LogP contribution < -0.4 is 0 Å². The maximum Gasteiger partial charge on any atom is 0.309 e. The fourth-order valence-electron chi connectivity index (χ4n) is 2.29. The first kappa shape index (κ1) is 12.0. The average molecular weight is 236 g/mol. The standard InChI is InChI=1S/C13H15FNO2/c1-2-12(9-4-3-5-11(14)6-9)15-7-10(8-15)13(16)17/h3-4,6,10,12H,2,7-8H2,1H3,(H,16,17)/t12-/m1/s1. The van der Waals surface area contributed by atoms with E-state index in [1.165, 1.54) is 6.07 Å². The molecule has 1 radical (unpaired) electrons. The number of halogens is 1. The first-order chi connectivity index (χ1) is 8.11. The van der Waals surface area contributed by atoms with Crippen molar-refractivity contribution in [1.29, 1.82) is 0 Å². The van der Waals surface area contributed by atoms with Crippen LogP contribution in [0.15, 0.2) is 18.2 Å². The molecular formula is C13H15FNO2. The lowest BCUT2D eigenvalue weighted by Crippen LogP contribution is -2.51. The minimum Gasteiger partial charge on any atom is -0.481 e. The van der Waals surface area contributed by atoms with Gasteiger partial charge in [0, 0.05) is 25.2 Å². The largest absolute Gasteiger partial charge is 0.481 e. The molecule has 0 saturated carbocycles. The molecule has 1 saturated heterocycles. The van der Waals surface area contributed by atoms with Gasteiger partial charge < -0.3 is 5.11 Å². The van der Waals surface area contributed by atoms with E-state index in [9.17, 15) is 9.18 Å². The summed E-state index contributed by atoms with van der Waals surface area (Å²) < 4.78 is 13.1. The highest BCUT2D eigenvalue weighted by molar-refractivity contribution is 5.71. The number of carboxylic acids is 1. The molecule has 4 heteroatoms. The molecule has 1 aliphatic rings. The van der Waals surface area contributed by atoms with E-state index in [4.69, 9.17) is 5.11 Å². The Morgan fingerprint density at radius 2 is 2.41 bits per heavy atom. The van der Waals surface area contributed by atoms with Crippen molar-refractivity contribution in [3.63, 3.8) is 0 Å². The molecule has 1 fully saturated rings. The molecule has 1 aromatic carbocycles. The van der Waals surface area contributed by atoms with Crippen molar-refractivity contribution in [2.24, 2.45) is 5.92 Å². The molecule has 1 aromatic rings. The lowest BCUT2D eigenvalue weighted by molar-refractivity contribution is -0.148. The third-order valence-corrected chi connectivity index (χ3v) is 3.26. The average Bonchev–Trinajstić information content (AvgIpc) is 2.21. The molecule has 1 heterocycles. The van der Waals surface area contributed by atoms with Crippen LogP contribution in [0.25, 0.3) is 0 Å². The van der Waals surface area contributed by atoms with Gasteiger partial charge in [0.1, 0.15) is 5.82 Å². The minimum absolute atomic E-state index is 0.106. The van der Waals surface area contributed by atoms with Gasteiger partial charge in [-0.3, -0.25) is 9.69 Å². The zero-order valence-corrected chi connectivity index (χ0v) is 9.69. The molecule has 2 rings (SSSR count). The van der Waals surface area contributed by atoms with Gasteiger partial charge in [0.2, 0.25) is 0 Å². The lowest BCUT2D eigenvalue weighted by Gasteiger charge is -2.42. The molecule has 0 amide bonds. The molecule has 0 spiro atoms. The molecule has 0 aliphatic carbocycles. The number of benzene rings is 1. The first-order valence-corrected chi connectivity index (χ1v) is 5.75. The topological polar surface area (TPSA) is 40.5 Å². The molecule has 0 bridgehead atoms. The Bertz CT molecular complexity index is 416. The summed E-state index contributed by atoms with van der Waals surface area (Å²) in [5.41, 5.74) is 0.896. The number of aliphatic carboxylic acids is 1.